The van der Waals surface area contributed by atoms with Crippen molar-refractivity contribution < 1.29 is 9.18 Å². The van der Waals surface area contributed by atoms with Crippen LogP contribution in [0.2, 0.25) is 0 Å². The Kier molecular flexibility index (Phi) is 6.47. The molecule has 0 bridgehead atoms. The van der Waals surface area contributed by atoms with Crippen LogP contribution in [0.4, 0.5) is 4.39 Å². The normalized spacial score (nSPS) is 10.8. The van der Waals surface area contributed by atoms with Gasteiger partial charge in [0.25, 0.3) is 5.56 Å². The van der Waals surface area contributed by atoms with E-state index in [0.717, 1.165) is 23.3 Å². The highest BCUT2D eigenvalue weighted by Crippen LogP contribution is 2.31. The first kappa shape index (κ1) is 20.1. The van der Waals surface area contributed by atoms with Gasteiger partial charge in [-0.15, -0.1) is 0 Å². The molecule has 3 nitrogen and oxygen atoms in total. The number of pyridine rings is 1. The van der Waals surface area contributed by atoms with E-state index in [-0.39, 0.29) is 17.2 Å². The molecule has 0 spiro atoms. The maximum absolute atomic E-state index is 13.4. The molecule has 0 atom stereocenters. The van der Waals surface area contributed by atoms with Crippen molar-refractivity contribution in [3.05, 3.63) is 88.1 Å². The van der Waals surface area contributed by atoms with E-state index in [0.29, 0.717) is 22.6 Å². The number of aromatic nitrogens is 1. The van der Waals surface area contributed by atoms with Crippen LogP contribution in [-0.2, 0) is 6.42 Å². The van der Waals surface area contributed by atoms with E-state index in [1.54, 1.807) is 18.3 Å². The average Bonchev–Trinajstić information content (AvgIpc) is 2.70. The summed E-state index contributed by atoms with van der Waals surface area (Å²) in [6.07, 6.45) is 4.14. The van der Waals surface area contributed by atoms with Crippen molar-refractivity contribution in [3.63, 3.8) is 0 Å². The number of halogens is 1. The lowest BCUT2D eigenvalue weighted by atomic mass is 10.0. The number of rotatable bonds is 7. The molecular formula is C23H22FNO2S. The summed E-state index contributed by atoms with van der Waals surface area (Å²) in [5.74, 6) is -0.397. The third-order valence-corrected chi connectivity index (χ3v) is 5.63. The molecule has 3 aromatic rings. The number of carbonyl (C=O) groups is 1. The summed E-state index contributed by atoms with van der Waals surface area (Å²) in [5.41, 5.74) is 1.87. The van der Waals surface area contributed by atoms with E-state index in [1.807, 2.05) is 30.3 Å². The average molecular weight is 395 g/mol. The van der Waals surface area contributed by atoms with Crippen LogP contribution < -0.4 is 5.56 Å². The molecule has 0 saturated heterocycles. The zero-order chi connectivity index (χ0) is 20.1. The number of hydrogen-bond acceptors (Lipinski definition) is 3. The molecular weight excluding hydrogens is 373 g/mol. The molecule has 1 aromatic heterocycles. The molecule has 0 radical (unpaired) electrons. The molecule has 0 amide bonds. The Bertz CT molecular complexity index is 1030. The summed E-state index contributed by atoms with van der Waals surface area (Å²) in [7, 11) is 0. The number of para-hydroxylation sites is 1. The summed E-state index contributed by atoms with van der Waals surface area (Å²) in [4.78, 5) is 27.0. The van der Waals surface area contributed by atoms with Crippen molar-refractivity contribution >= 4 is 17.5 Å². The second-order valence-electron chi connectivity index (χ2n) is 6.58. The van der Waals surface area contributed by atoms with Crippen molar-refractivity contribution in [1.82, 2.24) is 4.57 Å². The molecule has 0 fully saturated rings. The van der Waals surface area contributed by atoms with Gasteiger partial charge in [0.1, 0.15) is 5.82 Å². The number of ketones is 1. The summed E-state index contributed by atoms with van der Waals surface area (Å²) in [6, 6.07) is 15.3. The summed E-state index contributed by atoms with van der Waals surface area (Å²) in [5, 5.41) is 0. The molecule has 28 heavy (non-hydrogen) atoms. The topological polar surface area (TPSA) is 39.1 Å². The predicted molar refractivity (Wildman–Crippen MR) is 111 cm³/mol. The lowest BCUT2D eigenvalue weighted by Crippen LogP contribution is -2.24. The maximum atomic E-state index is 13.4. The van der Waals surface area contributed by atoms with Gasteiger partial charge >= 0.3 is 0 Å². The van der Waals surface area contributed by atoms with Gasteiger partial charge in [0, 0.05) is 22.3 Å². The Morgan fingerprint density at radius 1 is 1.07 bits per heavy atom. The van der Waals surface area contributed by atoms with Crippen LogP contribution in [-0.4, -0.2) is 10.4 Å². The summed E-state index contributed by atoms with van der Waals surface area (Å²) in [6.45, 7) is 3.60. The van der Waals surface area contributed by atoms with Crippen molar-refractivity contribution in [3.8, 4) is 5.69 Å². The smallest absolute Gasteiger partial charge is 0.269 e. The van der Waals surface area contributed by atoms with Gasteiger partial charge in [-0.1, -0.05) is 43.3 Å². The predicted octanol–water partition coefficient (Wildman–Crippen LogP) is 5.67. The van der Waals surface area contributed by atoms with Gasteiger partial charge in [0.15, 0.2) is 5.78 Å². The Morgan fingerprint density at radius 2 is 1.75 bits per heavy atom. The van der Waals surface area contributed by atoms with Gasteiger partial charge in [-0.2, -0.15) is 0 Å². The van der Waals surface area contributed by atoms with E-state index >= 15 is 0 Å². The van der Waals surface area contributed by atoms with Crippen LogP contribution in [0.3, 0.4) is 0 Å². The molecule has 0 aliphatic rings. The molecule has 0 aliphatic carbocycles. The van der Waals surface area contributed by atoms with Crippen LogP contribution in [0.25, 0.3) is 5.69 Å². The zero-order valence-corrected chi connectivity index (χ0v) is 16.8. The number of unbranched alkanes of at least 4 members (excludes halogenated alkanes) is 1. The lowest BCUT2D eigenvalue weighted by molar-refractivity contribution is 0.101. The Morgan fingerprint density at radius 3 is 2.36 bits per heavy atom. The second-order valence-corrected chi connectivity index (χ2v) is 7.66. The molecule has 1 heterocycles. The molecule has 0 unspecified atom stereocenters. The van der Waals surface area contributed by atoms with Crippen molar-refractivity contribution in [2.75, 3.05) is 0 Å². The monoisotopic (exact) mass is 395 g/mol. The Labute approximate surface area is 168 Å². The highest BCUT2D eigenvalue weighted by molar-refractivity contribution is 7.99. The lowest BCUT2D eigenvalue weighted by Gasteiger charge is -2.16. The van der Waals surface area contributed by atoms with Crippen molar-refractivity contribution in [1.29, 1.82) is 0 Å². The second kappa shape index (κ2) is 9.02. The van der Waals surface area contributed by atoms with Gasteiger partial charge in [-0.3, -0.25) is 14.2 Å². The third kappa shape index (κ3) is 4.42. The van der Waals surface area contributed by atoms with Crippen LogP contribution >= 0.6 is 11.8 Å². The minimum Gasteiger partial charge on any atom is -0.294 e. The highest BCUT2D eigenvalue weighted by atomic mass is 32.2. The minimum atomic E-state index is -0.324. The van der Waals surface area contributed by atoms with Crippen LogP contribution in [0.15, 0.2) is 75.4 Å². The quantitative estimate of drug-likeness (QED) is 0.484. The van der Waals surface area contributed by atoms with E-state index in [1.165, 1.54) is 35.4 Å². The Balaban J connectivity index is 2.22. The first-order valence-corrected chi connectivity index (χ1v) is 10.1. The van der Waals surface area contributed by atoms with E-state index in [2.05, 4.69) is 6.92 Å². The van der Waals surface area contributed by atoms with Gasteiger partial charge in [-0.05, 0) is 61.7 Å². The van der Waals surface area contributed by atoms with Crippen LogP contribution in [0.1, 0.15) is 42.6 Å². The van der Waals surface area contributed by atoms with Crippen LogP contribution in [0, 0.1) is 5.82 Å². The molecule has 5 heteroatoms. The molecule has 2 aromatic carbocycles. The largest absolute Gasteiger partial charge is 0.294 e. The fraction of sp³-hybridized carbons (Fsp3) is 0.217. The molecule has 144 valence electrons. The van der Waals surface area contributed by atoms with Crippen molar-refractivity contribution in [2.45, 2.75) is 42.9 Å². The van der Waals surface area contributed by atoms with E-state index < -0.39 is 0 Å². The van der Waals surface area contributed by atoms with E-state index in [4.69, 9.17) is 0 Å². The first-order valence-electron chi connectivity index (χ1n) is 9.29. The fourth-order valence-electron chi connectivity index (χ4n) is 3.04. The molecule has 0 saturated carbocycles. The fourth-order valence-corrected chi connectivity index (χ4v) is 4.07. The minimum absolute atomic E-state index is 0.0725. The summed E-state index contributed by atoms with van der Waals surface area (Å²) < 4.78 is 14.8. The SMILES string of the molecule is CCCCc1c(C(C)=O)cn(-c2ccccc2)c(=O)c1Sc1ccc(F)cc1. The summed E-state index contributed by atoms with van der Waals surface area (Å²) >= 11 is 1.29. The molecule has 0 aliphatic heterocycles. The van der Waals surface area contributed by atoms with Gasteiger partial charge in [0.2, 0.25) is 0 Å². The number of benzene rings is 2. The first-order chi connectivity index (χ1) is 13.5. The van der Waals surface area contributed by atoms with Crippen LogP contribution in [0.5, 0.6) is 0 Å². The third-order valence-electron chi connectivity index (χ3n) is 4.50. The van der Waals surface area contributed by atoms with E-state index in [9.17, 15) is 14.0 Å². The number of nitrogens with zero attached hydrogens (tertiary/aromatic N) is 1. The number of Topliss-reactive ketones (excluding diaryl/α,β-unsaturated/α-hetero) is 1. The highest BCUT2D eigenvalue weighted by Gasteiger charge is 2.20. The number of carbonyl (C=O) groups excluding carboxylic acids is 1. The standard InChI is InChI=1S/C23H22FNO2S/c1-3-4-10-20-21(16(2)26)15-25(18-8-6-5-7-9-18)23(27)22(20)28-19-13-11-17(24)12-14-19/h5-9,11-15H,3-4,10H2,1-2H3. The van der Waals surface area contributed by atoms with Crippen molar-refractivity contribution in [2.24, 2.45) is 0 Å². The number of hydrogen-bond donors (Lipinski definition) is 0. The maximum Gasteiger partial charge on any atom is 0.269 e. The Hall–Kier alpha value is -2.66. The van der Waals surface area contributed by atoms with Gasteiger partial charge < -0.3 is 0 Å². The molecule has 0 N–H and O–H groups in total. The molecule has 3 rings (SSSR count). The zero-order valence-electron chi connectivity index (χ0n) is 15.9. The van der Waals surface area contributed by atoms with Gasteiger partial charge in [0.05, 0.1) is 4.90 Å². The van der Waals surface area contributed by atoms with Gasteiger partial charge in [-0.25, -0.2) is 4.39 Å².